The fraction of sp³-hybridized carbons (Fsp3) is 0.290. The zero-order valence-corrected chi connectivity index (χ0v) is 21.7. The molecule has 1 aliphatic rings. The molecule has 3 aromatic carbocycles. The molecule has 0 unspecified atom stereocenters. The third-order valence-electron chi connectivity index (χ3n) is 6.61. The molecule has 0 atom stereocenters. The molecule has 1 N–H and O–H groups in total. The fourth-order valence-electron chi connectivity index (χ4n) is 4.58. The Kier molecular flexibility index (Phi) is 10.2. The van der Waals surface area contributed by atoms with Crippen LogP contribution in [0.4, 0.5) is 8.78 Å². The SMILES string of the molecule is O=CON1CCC(c2ccc(CCCOc3cc(F)ccc3F)cc2)=C(C(=O)NCCCc2ccccc2)C1. The third kappa shape index (κ3) is 8.22. The van der Waals surface area contributed by atoms with E-state index in [2.05, 4.69) is 17.4 Å². The molecule has 0 spiro atoms. The quantitative estimate of drug-likeness (QED) is 0.239. The molecule has 3 aromatic rings. The normalized spacial score (nSPS) is 13.7. The summed E-state index contributed by atoms with van der Waals surface area (Å²) >= 11 is 0. The summed E-state index contributed by atoms with van der Waals surface area (Å²) in [6, 6.07) is 21.2. The zero-order chi connectivity index (χ0) is 27.5. The van der Waals surface area contributed by atoms with Crippen LogP contribution in [0.1, 0.15) is 36.0 Å². The monoisotopic (exact) mass is 534 g/mol. The number of carbonyl (C=O) groups is 2. The van der Waals surface area contributed by atoms with Gasteiger partial charge in [-0.05, 0) is 66.5 Å². The second-order valence-corrected chi connectivity index (χ2v) is 9.34. The first-order valence-electron chi connectivity index (χ1n) is 13.1. The summed E-state index contributed by atoms with van der Waals surface area (Å²) in [7, 11) is 0. The van der Waals surface area contributed by atoms with E-state index < -0.39 is 11.6 Å². The Labute approximate surface area is 227 Å². The molecule has 1 amide bonds. The Hall–Kier alpha value is -4.04. The highest BCUT2D eigenvalue weighted by atomic mass is 19.1. The third-order valence-corrected chi connectivity index (χ3v) is 6.61. The van der Waals surface area contributed by atoms with Crippen molar-refractivity contribution in [2.24, 2.45) is 0 Å². The summed E-state index contributed by atoms with van der Waals surface area (Å²) in [6.07, 6.45) is 3.58. The number of nitrogens with one attached hydrogen (secondary N) is 1. The van der Waals surface area contributed by atoms with E-state index in [1.165, 1.54) is 10.6 Å². The first-order valence-corrected chi connectivity index (χ1v) is 13.1. The van der Waals surface area contributed by atoms with Crippen molar-refractivity contribution < 1.29 is 27.9 Å². The van der Waals surface area contributed by atoms with Crippen molar-refractivity contribution in [1.82, 2.24) is 10.4 Å². The largest absolute Gasteiger partial charge is 0.490 e. The predicted molar refractivity (Wildman–Crippen MR) is 145 cm³/mol. The van der Waals surface area contributed by atoms with E-state index >= 15 is 0 Å². The lowest BCUT2D eigenvalue weighted by Crippen LogP contribution is -2.38. The van der Waals surface area contributed by atoms with Gasteiger partial charge in [-0.1, -0.05) is 54.6 Å². The number of hydrogen-bond donors (Lipinski definition) is 1. The van der Waals surface area contributed by atoms with Crippen molar-refractivity contribution in [3.63, 3.8) is 0 Å². The van der Waals surface area contributed by atoms with Crippen LogP contribution in [0.3, 0.4) is 0 Å². The molecule has 0 radical (unpaired) electrons. The maximum Gasteiger partial charge on any atom is 0.313 e. The number of halogens is 2. The van der Waals surface area contributed by atoms with Crippen molar-refractivity contribution in [2.45, 2.75) is 32.1 Å². The van der Waals surface area contributed by atoms with E-state index in [9.17, 15) is 18.4 Å². The Balaban J connectivity index is 1.35. The molecule has 4 rings (SSSR count). The van der Waals surface area contributed by atoms with Crippen LogP contribution >= 0.6 is 0 Å². The summed E-state index contributed by atoms with van der Waals surface area (Å²) < 4.78 is 32.4. The van der Waals surface area contributed by atoms with Gasteiger partial charge < -0.3 is 14.9 Å². The summed E-state index contributed by atoms with van der Waals surface area (Å²) in [6.45, 7) is 1.89. The molecule has 0 saturated heterocycles. The van der Waals surface area contributed by atoms with Crippen molar-refractivity contribution in [1.29, 1.82) is 0 Å². The second kappa shape index (κ2) is 14.2. The van der Waals surface area contributed by atoms with Crippen LogP contribution in [0.5, 0.6) is 5.75 Å². The Morgan fingerprint density at radius 1 is 0.949 bits per heavy atom. The van der Waals surface area contributed by atoms with E-state index in [4.69, 9.17) is 9.57 Å². The maximum atomic E-state index is 13.7. The van der Waals surface area contributed by atoms with Gasteiger partial charge in [0.25, 0.3) is 0 Å². The van der Waals surface area contributed by atoms with Gasteiger partial charge in [0.2, 0.25) is 5.91 Å². The van der Waals surface area contributed by atoms with Gasteiger partial charge in [0.05, 0.1) is 13.2 Å². The average Bonchev–Trinajstić information content (AvgIpc) is 2.96. The standard InChI is InChI=1S/C31H32F2N2O4/c32-26-14-15-29(33)30(20-26)38-19-5-9-24-10-12-25(13-11-24)27-16-18-35(39-22-36)21-28(27)31(37)34-17-4-8-23-6-2-1-3-7-23/h1-3,6-7,10-15,20,22H,4-5,8-9,16-19,21H2,(H,34,37). The Morgan fingerprint density at radius 2 is 1.69 bits per heavy atom. The van der Waals surface area contributed by atoms with E-state index in [1.54, 1.807) is 0 Å². The van der Waals surface area contributed by atoms with Gasteiger partial charge in [-0.15, -0.1) is 5.06 Å². The minimum atomic E-state index is -0.588. The maximum absolute atomic E-state index is 13.7. The summed E-state index contributed by atoms with van der Waals surface area (Å²) in [5, 5.41) is 4.51. The number of ether oxygens (including phenoxy) is 1. The van der Waals surface area contributed by atoms with Gasteiger partial charge in [0.1, 0.15) is 5.82 Å². The van der Waals surface area contributed by atoms with Gasteiger partial charge in [0, 0.05) is 24.7 Å². The molecule has 0 aliphatic carbocycles. The first kappa shape index (κ1) is 28.0. The highest BCUT2D eigenvalue weighted by molar-refractivity contribution is 6.02. The second-order valence-electron chi connectivity index (χ2n) is 9.34. The van der Waals surface area contributed by atoms with Crippen molar-refractivity contribution in [3.05, 3.63) is 107 Å². The highest BCUT2D eigenvalue weighted by Crippen LogP contribution is 2.28. The first-order chi connectivity index (χ1) is 19.0. The predicted octanol–water partition coefficient (Wildman–Crippen LogP) is 5.27. The smallest absolute Gasteiger partial charge is 0.313 e. The molecule has 0 fully saturated rings. The minimum absolute atomic E-state index is 0.0898. The van der Waals surface area contributed by atoms with Crippen LogP contribution in [0.2, 0.25) is 0 Å². The van der Waals surface area contributed by atoms with Gasteiger partial charge in [-0.25, -0.2) is 8.78 Å². The molecular formula is C31H32F2N2O4. The van der Waals surface area contributed by atoms with Crippen LogP contribution in [-0.4, -0.2) is 43.7 Å². The van der Waals surface area contributed by atoms with Crippen molar-refractivity contribution in [2.75, 3.05) is 26.2 Å². The van der Waals surface area contributed by atoms with Gasteiger partial charge in [-0.2, -0.15) is 0 Å². The van der Waals surface area contributed by atoms with Gasteiger partial charge in [-0.3, -0.25) is 9.59 Å². The molecule has 0 saturated carbocycles. The summed E-state index contributed by atoms with van der Waals surface area (Å²) in [5.74, 6) is -1.38. The molecule has 204 valence electrons. The number of nitrogens with zero attached hydrogens (tertiary/aromatic N) is 1. The van der Waals surface area contributed by atoms with Crippen LogP contribution in [0, 0.1) is 11.6 Å². The van der Waals surface area contributed by atoms with E-state index in [0.29, 0.717) is 44.4 Å². The number of carbonyl (C=O) groups excluding carboxylic acids is 2. The number of hydrogen-bond acceptors (Lipinski definition) is 5. The lowest BCUT2D eigenvalue weighted by atomic mass is 9.92. The fourth-order valence-corrected chi connectivity index (χ4v) is 4.58. The number of rotatable bonds is 13. The molecule has 6 nitrogen and oxygen atoms in total. The van der Waals surface area contributed by atoms with Crippen LogP contribution in [-0.2, 0) is 27.3 Å². The molecular weight excluding hydrogens is 502 g/mol. The molecule has 39 heavy (non-hydrogen) atoms. The molecule has 0 bridgehead atoms. The molecule has 1 aliphatic heterocycles. The minimum Gasteiger partial charge on any atom is -0.490 e. The van der Waals surface area contributed by atoms with Gasteiger partial charge >= 0.3 is 6.47 Å². The molecule has 1 heterocycles. The summed E-state index contributed by atoms with van der Waals surface area (Å²) in [4.78, 5) is 29.1. The zero-order valence-electron chi connectivity index (χ0n) is 21.7. The number of amides is 1. The highest BCUT2D eigenvalue weighted by Gasteiger charge is 2.25. The molecule has 8 heteroatoms. The van der Waals surface area contributed by atoms with Crippen LogP contribution in [0.15, 0.2) is 78.4 Å². The summed E-state index contributed by atoms with van der Waals surface area (Å²) in [5.41, 5.74) is 4.75. The number of hydroxylamine groups is 2. The topological polar surface area (TPSA) is 67.9 Å². The van der Waals surface area contributed by atoms with Crippen LogP contribution in [0.25, 0.3) is 5.57 Å². The molecule has 0 aromatic heterocycles. The number of benzene rings is 3. The number of aryl methyl sites for hydroxylation is 2. The van der Waals surface area contributed by atoms with E-state index in [-0.39, 0.29) is 24.8 Å². The average molecular weight is 535 g/mol. The van der Waals surface area contributed by atoms with Gasteiger partial charge in [0.15, 0.2) is 11.6 Å². The Morgan fingerprint density at radius 3 is 2.46 bits per heavy atom. The van der Waals surface area contributed by atoms with Crippen molar-refractivity contribution in [3.8, 4) is 5.75 Å². The van der Waals surface area contributed by atoms with Crippen molar-refractivity contribution >= 4 is 18.0 Å². The van der Waals surface area contributed by atoms with E-state index in [1.807, 2.05) is 42.5 Å². The van der Waals surface area contributed by atoms with Crippen LogP contribution < -0.4 is 10.1 Å². The lowest BCUT2D eigenvalue weighted by molar-refractivity contribution is -0.172. The Bertz CT molecular complexity index is 1280. The lowest BCUT2D eigenvalue weighted by Gasteiger charge is -2.28. The van der Waals surface area contributed by atoms with E-state index in [0.717, 1.165) is 47.7 Å².